The summed E-state index contributed by atoms with van der Waals surface area (Å²) >= 11 is 0. The van der Waals surface area contributed by atoms with Crippen molar-refractivity contribution in [1.29, 1.82) is 0 Å². The van der Waals surface area contributed by atoms with Crippen LogP contribution in [0.2, 0.25) is 0 Å². The van der Waals surface area contributed by atoms with Gasteiger partial charge in [-0.1, -0.05) is 0 Å². The van der Waals surface area contributed by atoms with Gasteiger partial charge in [0.2, 0.25) is 0 Å². The van der Waals surface area contributed by atoms with Crippen molar-refractivity contribution < 1.29 is 22.3 Å². The van der Waals surface area contributed by atoms with Gasteiger partial charge in [0.05, 0.1) is 13.2 Å². The molecule has 0 bridgehead atoms. The van der Waals surface area contributed by atoms with Crippen LogP contribution in [0.5, 0.6) is 0 Å². The van der Waals surface area contributed by atoms with Crippen LogP contribution in [0.25, 0.3) is 0 Å². The van der Waals surface area contributed by atoms with Crippen LogP contribution in [0.15, 0.2) is 28.7 Å². The Balaban J connectivity index is 1.87. The molecule has 0 amide bonds. The molecule has 8 heteroatoms. The van der Waals surface area contributed by atoms with E-state index in [1.165, 1.54) is 6.07 Å². The van der Waals surface area contributed by atoms with Gasteiger partial charge in [0.25, 0.3) is 0 Å². The highest BCUT2D eigenvalue weighted by Gasteiger charge is 2.34. The Morgan fingerprint density at radius 1 is 1.18 bits per heavy atom. The molecule has 0 radical (unpaired) electrons. The number of anilines is 1. The molecule has 1 saturated heterocycles. The van der Waals surface area contributed by atoms with Crippen LogP contribution < -0.4 is 4.90 Å². The number of furan rings is 1. The predicted molar refractivity (Wildman–Crippen MR) is 71.4 cm³/mol. The van der Waals surface area contributed by atoms with Crippen LogP contribution in [0, 0.1) is 6.92 Å². The Hall–Kier alpha value is -2.09. The van der Waals surface area contributed by atoms with E-state index in [0.717, 1.165) is 11.8 Å². The van der Waals surface area contributed by atoms with Crippen molar-refractivity contribution in [3.63, 3.8) is 0 Å². The Morgan fingerprint density at radius 2 is 2.00 bits per heavy atom. The molecular formula is C14H14F3N3O2. The van der Waals surface area contributed by atoms with Gasteiger partial charge < -0.3 is 14.1 Å². The SMILES string of the molecule is Cc1ccc(C2COCCN2c2ccc(C(F)(F)F)nn2)o1. The predicted octanol–water partition coefficient (Wildman–Crippen LogP) is 2.97. The van der Waals surface area contributed by atoms with Gasteiger partial charge in [0.1, 0.15) is 17.6 Å². The molecule has 5 nitrogen and oxygen atoms in total. The van der Waals surface area contributed by atoms with Gasteiger partial charge in [-0.15, -0.1) is 10.2 Å². The molecule has 2 aromatic rings. The zero-order valence-corrected chi connectivity index (χ0v) is 11.8. The van der Waals surface area contributed by atoms with Crippen molar-refractivity contribution in [2.75, 3.05) is 24.7 Å². The van der Waals surface area contributed by atoms with E-state index in [4.69, 9.17) is 9.15 Å². The van der Waals surface area contributed by atoms with Gasteiger partial charge in [0, 0.05) is 6.54 Å². The number of aromatic nitrogens is 2. The first-order valence-corrected chi connectivity index (χ1v) is 6.77. The van der Waals surface area contributed by atoms with Crippen LogP contribution in [0.4, 0.5) is 19.0 Å². The summed E-state index contributed by atoms with van der Waals surface area (Å²) in [7, 11) is 0. The lowest BCUT2D eigenvalue weighted by Crippen LogP contribution is -2.40. The Labute approximate surface area is 124 Å². The van der Waals surface area contributed by atoms with E-state index in [9.17, 15) is 13.2 Å². The third-order valence-electron chi connectivity index (χ3n) is 3.45. The number of rotatable bonds is 2. The fourth-order valence-electron chi connectivity index (χ4n) is 2.38. The molecule has 0 aliphatic carbocycles. The van der Waals surface area contributed by atoms with Gasteiger partial charge in [-0.2, -0.15) is 13.2 Å². The average Bonchev–Trinajstić information content (AvgIpc) is 2.93. The van der Waals surface area contributed by atoms with Crippen LogP contribution in [-0.2, 0) is 10.9 Å². The summed E-state index contributed by atoms with van der Waals surface area (Å²) in [4.78, 5) is 1.84. The molecule has 1 aliphatic rings. The minimum absolute atomic E-state index is 0.228. The fourth-order valence-corrected chi connectivity index (χ4v) is 2.38. The maximum Gasteiger partial charge on any atom is 0.435 e. The van der Waals surface area contributed by atoms with Crippen molar-refractivity contribution in [1.82, 2.24) is 10.2 Å². The zero-order chi connectivity index (χ0) is 15.7. The van der Waals surface area contributed by atoms with Crippen LogP contribution >= 0.6 is 0 Å². The normalized spacial score (nSPS) is 19.5. The molecule has 0 spiro atoms. The number of aryl methyl sites for hydroxylation is 1. The highest BCUT2D eigenvalue weighted by molar-refractivity contribution is 5.41. The van der Waals surface area contributed by atoms with Crippen LogP contribution in [0.1, 0.15) is 23.3 Å². The minimum Gasteiger partial charge on any atom is -0.464 e. The van der Waals surface area contributed by atoms with Gasteiger partial charge >= 0.3 is 6.18 Å². The minimum atomic E-state index is -4.49. The second-order valence-corrected chi connectivity index (χ2v) is 5.01. The first-order valence-electron chi connectivity index (χ1n) is 6.77. The maximum atomic E-state index is 12.6. The summed E-state index contributed by atoms with van der Waals surface area (Å²) in [5.74, 6) is 1.83. The van der Waals surface area contributed by atoms with Gasteiger partial charge in [-0.05, 0) is 31.2 Å². The van der Waals surface area contributed by atoms with Gasteiger partial charge in [-0.25, -0.2) is 0 Å². The van der Waals surface area contributed by atoms with Crippen molar-refractivity contribution in [3.05, 3.63) is 41.5 Å². The molecule has 118 valence electrons. The van der Waals surface area contributed by atoms with Gasteiger partial charge in [-0.3, -0.25) is 0 Å². The molecule has 1 atom stereocenters. The van der Waals surface area contributed by atoms with Crippen molar-refractivity contribution in [3.8, 4) is 0 Å². The standard InChI is InChI=1S/C14H14F3N3O2/c1-9-2-3-11(22-9)10-8-21-7-6-20(10)13-5-4-12(18-19-13)14(15,16)17/h2-5,10H,6-8H2,1H3. The Kier molecular flexibility index (Phi) is 3.78. The largest absolute Gasteiger partial charge is 0.464 e. The molecule has 0 N–H and O–H groups in total. The monoisotopic (exact) mass is 313 g/mol. The quantitative estimate of drug-likeness (QED) is 0.853. The first kappa shape index (κ1) is 14.8. The summed E-state index contributed by atoms with van der Waals surface area (Å²) < 4.78 is 48.7. The lowest BCUT2D eigenvalue weighted by atomic mass is 10.1. The second kappa shape index (κ2) is 5.60. The summed E-state index contributed by atoms with van der Waals surface area (Å²) in [6, 6.07) is 5.69. The summed E-state index contributed by atoms with van der Waals surface area (Å²) in [5, 5.41) is 6.98. The molecule has 1 aliphatic heterocycles. The molecule has 22 heavy (non-hydrogen) atoms. The zero-order valence-electron chi connectivity index (χ0n) is 11.8. The van der Waals surface area contributed by atoms with E-state index in [0.29, 0.717) is 31.3 Å². The van der Waals surface area contributed by atoms with Crippen LogP contribution in [-0.4, -0.2) is 30.0 Å². The molecule has 0 aromatic carbocycles. The number of hydrogen-bond donors (Lipinski definition) is 0. The molecule has 2 aromatic heterocycles. The molecule has 3 rings (SSSR count). The number of nitrogens with zero attached hydrogens (tertiary/aromatic N) is 3. The Morgan fingerprint density at radius 3 is 2.59 bits per heavy atom. The Bertz CT molecular complexity index is 640. The van der Waals surface area contributed by atoms with E-state index in [-0.39, 0.29) is 6.04 Å². The van der Waals surface area contributed by atoms with Crippen molar-refractivity contribution in [2.45, 2.75) is 19.1 Å². The molecule has 1 unspecified atom stereocenters. The number of ether oxygens (including phenoxy) is 1. The third kappa shape index (κ3) is 2.92. The van der Waals surface area contributed by atoms with Crippen molar-refractivity contribution in [2.24, 2.45) is 0 Å². The van der Waals surface area contributed by atoms with E-state index in [1.807, 2.05) is 24.0 Å². The smallest absolute Gasteiger partial charge is 0.435 e. The number of hydrogen-bond acceptors (Lipinski definition) is 5. The van der Waals surface area contributed by atoms with Crippen molar-refractivity contribution >= 4 is 5.82 Å². The summed E-state index contributed by atoms with van der Waals surface area (Å²) in [6.07, 6.45) is -4.49. The summed E-state index contributed by atoms with van der Waals surface area (Å²) in [5.41, 5.74) is -1.00. The third-order valence-corrected chi connectivity index (χ3v) is 3.45. The van der Waals surface area contributed by atoms with Crippen LogP contribution in [0.3, 0.4) is 0 Å². The van der Waals surface area contributed by atoms with E-state index < -0.39 is 11.9 Å². The van der Waals surface area contributed by atoms with E-state index in [1.54, 1.807) is 0 Å². The number of morpholine rings is 1. The highest BCUT2D eigenvalue weighted by Crippen LogP contribution is 2.31. The number of alkyl halides is 3. The van der Waals surface area contributed by atoms with Gasteiger partial charge in [0.15, 0.2) is 11.5 Å². The topological polar surface area (TPSA) is 51.4 Å². The van der Waals surface area contributed by atoms with E-state index in [2.05, 4.69) is 10.2 Å². The molecule has 0 saturated carbocycles. The maximum absolute atomic E-state index is 12.6. The summed E-state index contributed by atoms with van der Waals surface area (Å²) in [6.45, 7) is 3.19. The number of halogens is 3. The second-order valence-electron chi connectivity index (χ2n) is 5.01. The average molecular weight is 313 g/mol. The molecule has 1 fully saturated rings. The molecule has 3 heterocycles. The fraction of sp³-hybridized carbons (Fsp3) is 0.429. The molecular weight excluding hydrogens is 299 g/mol. The lowest BCUT2D eigenvalue weighted by Gasteiger charge is -2.34. The highest BCUT2D eigenvalue weighted by atomic mass is 19.4. The first-order chi connectivity index (χ1) is 10.4. The lowest BCUT2D eigenvalue weighted by molar-refractivity contribution is -0.141. The van der Waals surface area contributed by atoms with E-state index >= 15 is 0 Å².